The van der Waals surface area contributed by atoms with Crippen molar-refractivity contribution in [2.75, 3.05) is 11.9 Å². The van der Waals surface area contributed by atoms with Gasteiger partial charge in [0.15, 0.2) is 0 Å². The van der Waals surface area contributed by atoms with E-state index in [-0.39, 0.29) is 0 Å². The highest BCUT2D eigenvalue weighted by Crippen LogP contribution is 2.26. The number of hydrogen-bond acceptors (Lipinski definition) is 3. The van der Waals surface area contributed by atoms with Crippen molar-refractivity contribution in [3.63, 3.8) is 0 Å². The van der Waals surface area contributed by atoms with Crippen LogP contribution in [0.5, 0.6) is 0 Å². The third kappa shape index (κ3) is 3.97. The second kappa shape index (κ2) is 5.83. The Morgan fingerprint density at radius 2 is 2.15 bits per heavy atom. The standard InChI is InChI=1S/C16H24N2O2/c1-11-10-12(14-6-5-9-17-14)7-8-13(11)18-15(19)20-16(2,3)4/h7-8,10,14,17H,5-6,9H2,1-4H3,(H,18,19). The van der Waals surface area contributed by atoms with E-state index < -0.39 is 11.7 Å². The van der Waals surface area contributed by atoms with E-state index in [1.54, 1.807) is 0 Å². The Morgan fingerprint density at radius 1 is 1.40 bits per heavy atom. The highest BCUT2D eigenvalue weighted by molar-refractivity contribution is 5.85. The minimum Gasteiger partial charge on any atom is -0.444 e. The number of ether oxygens (including phenoxy) is 1. The number of hydrogen-bond donors (Lipinski definition) is 2. The first kappa shape index (κ1) is 14.9. The topological polar surface area (TPSA) is 50.4 Å². The lowest BCUT2D eigenvalue weighted by molar-refractivity contribution is 0.0636. The number of nitrogens with one attached hydrogen (secondary N) is 2. The van der Waals surface area contributed by atoms with Crippen molar-refractivity contribution >= 4 is 11.8 Å². The van der Waals surface area contributed by atoms with Crippen LogP contribution in [0.3, 0.4) is 0 Å². The summed E-state index contributed by atoms with van der Waals surface area (Å²) in [7, 11) is 0. The normalized spacial score (nSPS) is 18.9. The number of rotatable bonds is 2. The molecule has 110 valence electrons. The molecule has 20 heavy (non-hydrogen) atoms. The minimum atomic E-state index is -0.480. The van der Waals surface area contributed by atoms with E-state index >= 15 is 0 Å². The van der Waals surface area contributed by atoms with E-state index in [2.05, 4.69) is 22.8 Å². The van der Waals surface area contributed by atoms with Crippen molar-refractivity contribution in [2.45, 2.75) is 52.2 Å². The predicted molar refractivity (Wildman–Crippen MR) is 81.0 cm³/mol. The SMILES string of the molecule is Cc1cc(C2CCCN2)ccc1NC(=O)OC(C)(C)C. The predicted octanol–water partition coefficient (Wildman–Crippen LogP) is 3.77. The molecule has 0 bridgehead atoms. The van der Waals surface area contributed by atoms with Gasteiger partial charge in [0.1, 0.15) is 5.60 Å². The fraction of sp³-hybridized carbons (Fsp3) is 0.562. The molecule has 1 fully saturated rings. The van der Waals surface area contributed by atoms with Crippen LogP contribution in [-0.4, -0.2) is 18.2 Å². The third-order valence-electron chi connectivity index (χ3n) is 3.35. The van der Waals surface area contributed by atoms with E-state index in [0.717, 1.165) is 17.8 Å². The number of anilines is 1. The van der Waals surface area contributed by atoms with Crippen molar-refractivity contribution in [3.8, 4) is 0 Å². The fourth-order valence-corrected chi connectivity index (χ4v) is 2.43. The van der Waals surface area contributed by atoms with Gasteiger partial charge in [-0.2, -0.15) is 0 Å². The second-order valence-corrected chi connectivity index (χ2v) is 6.35. The summed E-state index contributed by atoms with van der Waals surface area (Å²) in [6, 6.07) is 6.61. The summed E-state index contributed by atoms with van der Waals surface area (Å²) in [4.78, 5) is 11.8. The Kier molecular flexibility index (Phi) is 4.33. The zero-order valence-electron chi connectivity index (χ0n) is 12.7. The summed E-state index contributed by atoms with van der Waals surface area (Å²) in [6.07, 6.45) is 1.99. The van der Waals surface area contributed by atoms with Crippen LogP contribution in [0.25, 0.3) is 0 Å². The lowest BCUT2D eigenvalue weighted by atomic mass is 10.0. The average Bonchev–Trinajstić information content (AvgIpc) is 2.82. The van der Waals surface area contributed by atoms with E-state index in [9.17, 15) is 4.79 Å². The van der Waals surface area contributed by atoms with Crippen LogP contribution in [0.1, 0.15) is 50.8 Å². The van der Waals surface area contributed by atoms with Gasteiger partial charge in [-0.15, -0.1) is 0 Å². The van der Waals surface area contributed by atoms with Gasteiger partial charge in [0, 0.05) is 11.7 Å². The Bertz CT molecular complexity index is 486. The summed E-state index contributed by atoms with van der Waals surface area (Å²) in [5.41, 5.74) is 2.67. The van der Waals surface area contributed by atoms with Gasteiger partial charge in [-0.1, -0.05) is 12.1 Å². The highest BCUT2D eigenvalue weighted by atomic mass is 16.6. The molecule has 2 rings (SSSR count). The molecule has 1 aliphatic heterocycles. The van der Waals surface area contributed by atoms with Gasteiger partial charge >= 0.3 is 6.09 Å². The summed E-state index contributed by atoms with van der Waals surface area (Å²) in [6.45, 7) is 8.66. The number of carbonyl (C=O) groups is 1. The van der Waals surface area contributed by atoms with Crippen LogP contribution in [0.2, 0.25) is 0 Å². The number of aryl methyl sites for hydroxylation is 1. The smallest absolute Gasteiger partial charge is 0.412 e. The van der Waals surface area contributed by atoms with Gasteiger partial charge in [-0.25, -0.2) is 4.79 Å². The minimum absolute atomic E-state index is 0.410. The Labute approximate surface area is 120 Å². The van der Waals surface area contributed by atoms with Crippen LogP contribution in [0.4, 0.5) is 10.5 Å². The molecule has 1 aliphatic rings. The first-order valence-corrected chi connectivity index (χ1v) is 7.19. The maximum atomic E-state index is 11.8. The molecule has 4 heteroatoms. The van der Waals surface area contributed by atoms with Crippen LogP contribution >= 0.6 is 0 Å². The lowest BCUT2D eigenvalue weighted by Crippen LogP contribution is -2.27. The van der Waals surface area contributed by atoms with E-state index in [0.29, 0.717) is 6.04 Å². The molecule has 0 radical (unpaired) electrons. The van der Waals surface area contributed by atoms with Crippen molar-refractivity contribution in [2.24, 2.45) is 0 Å². The molecule has 0 spiro atoms. The molecule has 1 amide bonds. The first-order valence-electron chi connectivity index (χ1n) is 7.19. The molecule has 1 aromatic rings. The molecule has 0 saturated carbocycles. The average molecular weight is 276 g/mol. The molecular formula is C16H24N2O2. The van der Waals surface area contributed by atoms with Gasteiger partial charge in [0.05, 0.1) is 0 Å². The molecule has 4 nitrogen and oxygen atoms in total. The van der Waals surface area contributed by atoms with Crippen LogP contribution < -0.4 is 10.6 Å². The Balaban J connectivity index is 2.04. The van der Waals surface area contributed by atoms with Crippen molar-refractivity contribution in [3.05, 3.63) is 29.3 Å². The largest absolute Gasteiger partial charge is 0.444 e. The van der Waals surface area contributed by atoms with Gasteiger partial charge in [0.2, 0.25) is 0 Å². The van der Waals surface area contributed by atoms with Crippen LogP contribution in [-0.2, 0) is 4.74 Å². The quantitative estimate of drug-likeness (QED) is 0.864. The molecule has 0 aliphatic carbocycles. The van der Waals surface area contributed by atoms with E-state index in [4.69, 9.17) is 4.74 Å². The highest BCUT2D eigenvalue weighted by Gasteiger charge is 2.19. The third-order valence-corrected chi connectivity index (χ3v) is 3.35. The number of benzene rings is 1. The molecule has 1 atom stereocenters. The molecule has 1 aromatic carbocycles. The maximum absolute atomic E-state index is 11.8. The number of carbonyl (C=O) groups excluding carboxylic acids is 1. The second-order valence-electron chi connectivity index (χ2n) is 6.35. The molecule has 1 unspecified atom stereocenters. The van der Waals surface area contributed by atoms with E-state index in [1.165, 1.54) is 18.4 Å². The molecular weight excluding hydrogens is 252 g/mol. The van der Waals surface area contributed by atoms with Gasteiger partial charge < -0.3 is 10.1 Å². The fourth-order valence-electron chi connectivity index (χ4n) is 2.43. The van der Waals surface area contributed by atoms with Crippen LogP contribution in [0.15, 0.2) is 18.2 Å². The van der Waals surface area contributed by atoms with Gasteiger partial charge in [-0.3, -0.25) is 5.32 Å². The monoisotopic (exact) mass is 276 g/mol. The summed E-state index contributed by atoms with van der Waals surface area (Å²) < 4.78 is 5.26. The zero-order chi connectivity index (χ0) is 14.8. The van der Waals surface area contributed by atoms with Crippen molar-refractivity contribution < 1.29 is 9.53 Å². The lowest BCUT2D eigenvalue weighted by Gasteiger charge is -2.20. The Morgan fingerprint density at radius 3 is 2.70 bits per heavy atom. The van der Waals surface area contributed by atoms with Gasteiger partial charge in [0.25, 0.3) is 0 Å². The van der Waals surface area contributed by atoms with Crippen molar-refractivity contribution in [1.29, 1.82) is 0 Å². The van der Waals surface area contributed by atoms with Gasteiger partial charge in [-0.05, 0) is 64.3 Å². The summed E-state index contributed by atoms with van der Waals surface area (Å²) in [5.74, 6) is 0. The van der Waals surface area contributed by atoms with Crippen molar-refractivity contribution in [1.82, 2.24) is 5.32 Å². The molecule has 2 N–H and O–H groups in total. The molecule has 0 aromatic heterocycles. The molecule has 1 saturated heterocycles. The van der Waals surface area contributed by atoms with Crippen LogP contribution in [0, 0.1) is 6.92 Å². The maximum Gasteiger partial charge on any atom is 0.412 e. The summed E-state index contributed by atoms with van der Waals surface area (Å²) >= 11 is 0. The molecule has 1 heterocycles. The zero-order valence-corrected chi connectivity index (χ0v) is 12.7. The first-order chi connectivity index (χ1) is 9.35. The Hall–Kier alpha value is -1.55. The van der Waals surface area contributed by atoms with E-state index in [1.807, 2.05) is 33.8 Å². The summed E-state index contributed by atoms with van der Waals surface area (Å²) in [5, 5.41) is 6.28. The number of amides is 1.